The number of hydrogen-bond donors (Lipinski definition) is 1. The molecule has 4 heteroatoms. The predicted octanol–water partition coefficient (Wildman–Crippen LogP) is 2.37. The van der Waals surface area contributed by atoms with Crippen molar-refractivity contribution in [3.05, 3.63) is 0 Å². The zero-order chi connectivity index (χ0) is 15.6. The van der Waals surface area contributed by atoms with Crippen LogP contribution in [0.3, 0.4) is 0 Å². The maximum atomic E-state index is 12.6. The molecule has 21 heavy (non-hydrogen) atoms. The van der Waals surface area contributed by atoms with Crippen molar-refractivity contribution in [2.45, 2.75) is 71.4 Å². The summed E-state index contributed by atoms with van der Waals surface area (Å²) in [5.74, 6) is 1.58. The van der Waals surface area contributed by atoms with E-state index in [1.165, 1.54) is 25.7 Å². The van der Waals surface area contributed by atoms with Crippen LogP contribution in [0.15, 0.2) is 0 Å². The molecule has 0 spiro atoms. The molecule has 4 nitrogen and oxygen atoms in total. The van der Waals surface area contributed by atoms with Crippen LogP contribution in [-0.4, -0.2) is 41.3 Å². The van der Waals surface area contributed by atoms with E-state index in [1.54, 1.807) is 6.92 Å². The van der Waals surface area contributed by atoms with Gasteiger partial charge in [0.05, 0.1) is 12.6 Å². The number of ketones is 1. The van der Waals surface area contributed by atoms with E-state index in [4.69, 9.17) is 0 Å². The highest BCUT2D eigenvalue weighted by Gasteiger charge is 2.40. The number of amides is 1. The van der Waals surface area contributed by atoms with Gasteiger partial charge in [0.25, 0.3) is 0 Å². The highest BCUT2D eigenvalue weighted by molar-refractivity contribution is 5.84. The molecule has 3 unspecified atom stereocenters. The van der Waals surface area contributed by atoms with Gasteiger partial charge in [0.1, 0.15) is 5.78 Å². The SMILES string of the molecule is CC(=O)CN1CC2CCCCC2CC1C(=O)NC(C)(C)C. The smallest absolute Gasteiger partial charge is 0.237 e. The summed E-state index contributed by atoms with van der Waals surface area (Å²) >= 11 is 0. The summed E-state index contributed by atoms with van der Waals surface area (Å²) in [6, 6.07) is -0.132. The molecule has 0 aromatic rings. The molecule has 1 aliphatic carbocycles. The normalized spacial score (nSPS) is 30.6. The van der Waals surface area contributed by atoms with Crippen molar-refractivity contribution in [2.75, 3.05) is 13.1 Å². The monoisotopic (exact) mass is 294 g/mol. The molecule has 0 aromatic carbocycles. The van der Waals surface area contributed by atoms with E-state index in [9.17, 15) is 9.59 Å². The quantitative estimate of drug-likeness (QED) is 0.869. The Kier molecular flexibility index (Phi) is 5.07. The molecule has 0 bridgehead atoms. The molecule has 2 aliphatic rings. The zero-order valence-corrected chi connectivity index (χ0v) is 13.9. The molecule has 1 saturated carbocycles. The van der Waals surface area contributed by atoms with Crippen molar-refractivity contribution in [2.24, 2.45) is 11.8 Å². The lowest BCUT2D eigenvalue weighted by Gasteiger charge is -2.45. The summed E-state index contributed by atoms with van der Waals surface area (Å²) in [6.07, 6.45) is 6.01. The maximum absolute atomic E-state index is 12.6. The van der Waals surface area contributed by atoms with Crippen molar-refractivity contribution in [1.82, 2.24) is 10.2 Å². The van der Waals surface area contributed by atoms with Gasteiger partial charge in [-0.05, 0) is 52.4 Å². The molecule has 1 aliphatic heterocycles. The molecule has 1 heterocycles. The lowest BCUT2D eigenvalue weighted by Crippen LogP contribution is -2.58. The first-order valence-corrected chi connectivity index (χ1v) is 8.32. The van der Waals surface area contributed by atoms with Crippen molar-refractivity contribution in [1.29, 1.82) is 0 Å². The fraction of sp³-hybridized carbons (Fsp3) is 0.882. The third-order valence-corrected chi connectivity index (χ3v) is 4.73. The number of piperidine rings is 1. The summed E-state index contributed by atoms with van der Waals surface area (Å²) in [4.78, 5) is 26.3. The summed E-state index contributed by atoms with van der Waals surface area (Å²) in [5.41, 5.74) is -0.220. The third-order valence-electron chi connectivity index (χ3n) is 4.73. The standard InChI is InChI=1S/C17H30N2O2/c1-12(20)10-19-11-14-8-6-5-7-13(14)9-15(19)16(21)18-17(2,3)4/h13-15H,5-11H2,1-4H3,(H,18,21). The minimum Gasteiger partial charge on any atom is -0.350 e. The maximum Gasteiger partial charge on any atom is 0.237 e. The lowest BCUT2D eigenvalue weighted by atomic mass is 9.72. The Morgan fingerprint density at radius 1 is 1.14 bits per heavy atom. The number of fused-ring (bicyclic) bond motifs is 1. The lowest BCUT2D eigenvalue weighted by molar-refractivity contribution is -0.133. The number of hydrogen-bond acceptors (Lipinski definition) is 3. The van der Waals surface area contributed by atoms with E-state index in [0.717, 1.165) is 13.0 Å². The number of likely N-dealkylation sites (tertiary alicyclic amines) is 1. The molecule has 2 rings (SSSR count). The van der Waals surface area contributed by atoms with Crippen molar-refractivity contribution >= 4 is 11.7 Å². The van der Waals surface area contributed by atoms with E-state index in [0.29, 0.717) is 18.4 Å². The molecule has 3 atom stereocenters. The molecule has 120 valence electrons. The molecular formula is C17H30N2O2. The number of nitrogens with one attached hydrogen (secondary N) is 1. The predicted molar refractivity (Wildman–Crippen MR) is 84.0 cm³/mol. The number of carbonyl (C=O) groups excluding carboxylic acids is 2. The van der Waals surface area contributed by atoms with Gasteiger partial charge in [-0.2, -0.15) is 0 Å². The van der Waals surface area contributed by atoms with Gasteiger partial charge in [-0.3, -0.25) is 14.5 Å². The average Bonchev–Trinajstić information content (AvgIpc) is 2.35. The minimum absolute atomic E-state index is 0.0905. The van der Waals surface area contributed by atoms with Crippen LogP contribution in [0.4, 0.5) is 0 Å². The fourth-order valence-electron chi connectivity index (χ4n) is 3.89. The topological polar surface area (TPSA) is 49.4 Å². The van der Waals surface area contributed by atoms with Crippen LogP contribution in [0.5, 0.6) is 0 Å². The number of nitrogens with zero attached hydrogens (tertiary/aromatic N) is 1. The molecule has 1 amide bonds. The van der Waals surface area contributed by atoms with Crippen LogP contribution in [0.1, 0.15) is 59.8 Å². The Bertz CT molecular complexity index is 400. The van der Waals surface area contributed by atoms with E-state index < -0.39 is 0 Å². The summed E-state index contributed by atoms with van der Waals surface area (Å²) in [7, 11) is 0. The summed E-state index contributed by atoms with van der Waals surface area (Å²) < 4.78 is 0. The number of rotatable bonds is 3. The average molecular weight is 294 g/mol. The highest BCUT2D eigenvalue weighted by Crippen LogP contribution is 2.38. The molecule has 0 aromatic heterocycles. The second kappa shape index (κ2) is 6.47. The van der Waals surface area contributed by atoms with E-state index in [2.05, 4.69) is 10.2 Å². The Morgan fingerprint density at radius 3 is 2.33 bits per heavy atom. The van der Waals surface area contributed by atoms with Crippen molar-refractivity contribution < 1.29 is 9.59 Å². The Labute approximate surface area is 128 Å². The molecule has 2 fully saturated rings. The second-order valence-electron chi connectivity index (χ2n) is 7.93. The summed E-state index contributed by atoms with van der Waals surface area (Å²) in [5, 5.41) is 3.10. The van der Waals surface area contributed by atoms with E-state index >= 15 is 0 Å². The van der Waals surface area contributed by atoms with Crippen LogP contribution in [-0.2, 0) is 9.59 Å². The zero-order valence-electron chi connectivity index (χ0n) is 13.9. The third kappa shape index (κ3) is 4.53. The van der Waals surface area contributed by atoms with Gasteiger partial charge < -0.3 is 5.32 Å². The molecule has 1 saturated heterocycles. The second-order valence-corrected chi connectivity index (χ2v) is 7.93. The number of Topliss-reactive ketones (excluding diaryl/α,β-unsaturated/α-hetero) is 1. The largest absolute Gasteiger partial charge is 0.350 e. The van der Waals surface area contributed by atoms with E-state index in [1.807, 2.05) is 20.8 Å². The first-order valence-electron chi connectivity index (χ1n) is 8.32. The van der Waals surface area contributed by atoms with Gasteiger partial charge in [0.15, 0.2) is 0 Å². The summed E-state index contributed by atoms with van der Waals surface area (Å²) in [6.45, 7) is 8.95. The van der Waals surface area contributed by atoms with Crippen LogP contribution in [0.2, 0.25) is 0 Å². The van der Waals surface area contributed by atoms with Gasteiger partial charge in [0, 0.05) is 12.1 Å². The highest BCUT2D eigenvalue weighted by atomic mass is 16.2. The Balaban J connectivity index is 2.10. The number of carbonyl (C=O) groups is 2. The van der Waals surface area contributed by atoms with Crippen LogP contribution in [0, 0.1) is 11.8 Å². The Morgan fingerprint density at radius 2 is 1.76 bits per heavy atom. The minimum atomic E-state index is -0.220. The van der Waals surface area contributed by atoms with Gasteiger partial charge in [-0.15, -0.1) is 0 Å². The van der Waals surface area contributed by atoms with Gasteiger partial charge in [0.2, 0.25) is 5.91 Å². The van der Waals surface area contributed by atoms with Crippen molar-refractivity contribution in [3.8, 4) is 0 Å². The first kappa shape index (κ1) is 16.5. The van der Waals surface area contributed by atoms with Gasteiger partial charge in [-0.1, -0.05) is 19.3 Å². The molecular weight excluding hydrogens is 264 g/mol. The molecule has 1 N–H and O–H groups in total. The van der Waals surface area contributed by atoms with Gasteiger partial charge >= 0.3 is 0 Å². The van der Waals surface area contributed by atoms with Crippen LogP contribution >= 0.6 is 0 Å². The fourth-order valence-corrected chi connectivity index (χ4v) is 3.89. The van der Waals surface area contributed by atoms with Gasteiger partial charge in [-0.25, -0.2) is 0 Å². The van der Waals surface area contributed by atoms with E-state index in [-0.39, 0.29) is 23.3 Å². The molecule has 0 radical (unpaired) electrons. The van der Waals surface area contributed by atoms with Crippen molar-refractivity contribution in [3.63, 3.8) is 0 Å². The van der Waals surface area contributed by atoms with Crippen LogP contribution in [0.25, 0.3) is 0 Å². The first-order chi connectivity index (χ1) is 9.76. The van der Waals surface area contributed by atoms with Crippen LogP contribution < -0.4 is 5.32 Å². The Hall–Kier alpha value is -0.900.